The Bertz CT molecular complexity index is 1120. The first-order valence-electron chi connectivity index (χ1n) is 9.05. The van der Waals surface area contributed by atoms with Crippen LogP contribution in [0.5, 0.6) is 5.75 Å². The van der Waals surface area contributed by atoms with E-state index in [4.69, 9.17) is 28.6 Å². The van der Waals surface area contributed by atoms with Gasteiger partial charge in [0.2, 0.25) is 0 Å². The predicted molar refractivity (Wildman–Crippen MR) is 126 cm³/mol. The first kappa shape index (κ1) is 21.9. The molecule has 0 saturated heterocycles. The summed E-state index contributed by atoms with van der Waals surface area (Å²) in [6.45, 7) is 2.43. The molecule has 0 spiro atoms. The van der Waals surface area contributed by atoms with E-state index in [2.05, 4.69) is 15.4 Å². The molecule has 9 heteroatoms. The lowest BCUT2D eigenvalue weighted by atomic mass is 10.3. The lowest BCUT2D eigenvalue weighted by Gasteiger charge is -2.13. The zero-order valence-corrected chi connectivity index (χ0v) is 18.4. The molecular weight excluding hydrogens is 442 g/mol. The second kappa shape index (κ2) is 9.80. The minimum absolute atomic E-state index is 0.131. The number of hydrogen-bond donors (Lipinski definition) is 3. The molecule has 0 atom stereocenters. The van der Waals surface area contributed by atoms with E-state index in [0.717, 1.165) is 0 Å². The molecule has 0 aliphatic rings. The van der Waals surface area contributed by atoms with Gasteiger partial charge in [-0.1, -0.05) is 23.7 Å². The molecule has 0 unspecified atom stereocenters. The fourth-order valence-electron chi connectivity index (χ4n) is 2.56. The maximum Gasteiger partial charge on any atom is 0.261 e. The molecule has 0 bridgehead atoms. The maximum absolute atomic E-state index is 12.6. The van der Waals surface area contributed by atoms with Crippen molar-refractivity contribution in [2.45, 2.75) is 11.8 Å². The van der Waals surface area contributed by atoms with E-state index in [1.807, 2.05) is 19.1 Å². The lowest BCUT2D eigenvalue weighted by molar-refractivity contribution is 0.340. The molecule has 0 saturated carbocycles. The van der Waals surface area contributed by atoms with E-state index in [0.29, 0.717) is 39.6 Å². The molecule has 0 amide bonds. The van der Waals surface area contributed by atoms with E-state index < -0.39 is 10.0 Å². The number of ether oxygens (including phenoxy) is 1. The van der Waals surface area contributed by atoms with Gasteiger partial charge in [-0.3, -0.25) is 4.72 Å². The van der Waals surface area contributed by atoms with Crippen molar-refractivity contribution in [1.82, 2.24) is 0 Å². The first-order valence-corrected chi connectivity index (χ1v) is 11.3. The Labute approximate surface area is 186 Å². The highest BCUT2D eigenvalue weighted by Gasteiger charge is 2.14. The smallest absolute Gasteiger partial charge is 0.261 e. The Hall–Kier alpha value is -2.81. The number of para-hydroxylation sites is 1. The number of halogens is 1. The van der Waals surface area contributed by atoms with Crippen LogP contribution in [0.1, 0.15) is 6.92 Å². The highest BCUT2D eigenvalue weighted by molar-refractivity contribution is 7.92. The van der Waals surface area contributed by atoms with Crippen LogP contribution < -0.4 is 20.1 Å². The number of anilines is 3. The van der Waals surface area contributed by atoms with Crippen LogP contribution in [0, 0.1) is 0 Å². The minimum atomic E-state index is -3.72. The number of benzene rings is 3. The van der Waals surface area contributed by atoms with Gasteiger partial charge in [0.1, 0.15) is 5.75 Å². The lowest BCUT2D eigenvalue weighted by Crippen LogP contribution is -2.19. The summed E-state index contributed by atoms with van der Waals surface area (Å²) in [5, 5.41) is 6.88. The van der Waals surface area contributed by atoms with Gasteiger partial charge in [-0.15, -0.1) is 0 Å². The predicted octanol–water partition coefficient (Wildman–Crippen LogP) is 5.35. The van der Waals surface area contributed by atoms with E-state index in [1.165, 1.54) is 12.1 Å². The average Bonchev–Trinajstić information content (AvgIpc) is 2.72. The molecule has 0 aliphatic carbocycles. The minimum Gasteiger partial charge on any atom is -0.494 e. The van der Waals surface area contributed by atoms with Gasteiger partial charge >= 0.3 is 0 Å². The van der Waals surface area contributed by atoms with Gasteiger partial charge in [-0.25, -0.2) is 8.42 Å². The third kappa shape index (κ3) is 5.85. The highest BCUT2D eigenvalue weighted by Crippen LogP contribution is 2.22. The molecule has 3 aromatic carbocycles. The summed E-state index contributed by atoms with van der Waals surface area (Å²) in [7, 11) is -3.72. The zero-order valence-electron chi connectivity index (χ0n) is 16.1. The van der Waals surface area contributed by atoms with Gasteiger partial charge in [-0.2, -0.15) is 0 Å². The SMILES string of the molecule is CCOc1ccc(NS(=O)(=O)c2ccc(NC(=S)Nc3ccccc3Cl)cc2)cc1. The number of rotatable bonds is 7. The third-order valence-electron chi connectivity index (χ3n) is 3.96. The topological polar surface area (TPSA) is 79.5 Å². The molecule has 3 rings (SSSR count). The second-order valence-corrected chi connectivity index (χ2v) is 8.64. The molecule has 0 aliphatic heterocycles. The van der Waals surface area contributed by atoms with Crippen LogP contribution in [0.4, 0.5) is 17.1 Å². The molecule has 30 heavy (non-hydrogen) atoms. The van der Waals surface area contributed by atoms with E-state index in [9.17, 15) is 8.42 Å². The maximum atomic E-state index is 12.6. The van der Waals surface area contributed by atoms with E-state index in [1.54, 1.807) is 48.5 Å². The van der Waals surface area contributed by atoms with Crippen molar-refractivity contribution in [1.29, 1.82) is 0 Å². The summed E-state index contributed by atoms with van der Waals surface area (Å²) >= 11 is 11.4. The van der Waals surface area contributed by atoms with Crippen LogP contribution in [-0.4, -0.2) is 20.1 Å². The van der Waals surface area contributed by atoms with Crippen molar-refractivity contribution >= 4 is 56.0 Å². The van der Waals surface area contributed by atoms with Gasteiger partial charge in [0.05, 0.1) is 22.2 Å². The number of nitrogens with one attached hydrogen (secondary N) is 3. The average molecular weight is 462 g/mol. The largest absolute Gasteiger partial charge is 0.494 e. The zero-order chi connectivity index (χ0) is 21.6. The van der Waals surface area contributed by atoms with Gasteiger partial charge in [0.15, 0.2) is 5.11 Å². The molecule has 0 fully saturated rings. The van der Waals surface area contributed by atoms with Crippen LogP contribution >= 0.6 is 23.8 Å². The van der Waals surface area contributed by atoms with E-state index in [-0.39, 0.29) is 4.90 Å². The van der Waals surface area contributed by atoms with Crippen molar-refractivity contribution in [3.8, 4) is 5.75 Å². The van der Waals surface area contributed by atoms with Crippen LogP contribution in [0.15, 0.2) is 77.7 Å². The Morgan fingerprint density at radius 1 is 0.933 bits per heavy atom. The fraction of sp³-hybridized carbons (Fsp3) is 0.0952. The fourth-order valence-corrected chi connectivity index (χ4v) is 4.03. The van der Waals surface area contributed by atoms with Crippen molar-refractivity contribution < 1.29 is 13.2 Å². The quantitative estimate of drug-likeness (QED) is 0.412. The number of thiocarbonyl (C=S) groups is 1. The van der Waals surface area contributed by atoms with Gasteiger partial charge < -0.3 is 15.4 Å². The Morgan fingerprint density at radius 3 is 2.20 bits per heavy atom. The first-order chi connectivity index (χ1) is 14.4. The monoisotopic (exact) mass is 461 g/mol. The van der Waals surface area contributed by atoms with Crippen LogP contribution in [0.2, 0.25) is 5.02 Å². The summed E-state index contributed by atoms with van der Waals surface area (Å²) in [5.41, 5.74) is 1.76. The Morgan fingerprint density at radius 2 is 1.57 bits per heavy atom. The van der Waals surface area contributed by atoms with E-state index >= 15 is 0 Å². The summed E-state index contributed by atoms with van der Waals surface area (Å²) < 4.78 is 33.1. The normalized spacial score (nSPS) is 10.9. The summed E-state index contributed by atoms with van der Waals surface area (Å²) in [5.74, 6) is 0.678. The van der Waals surface area contributed by atoms with Crippen molar-refractivity contribution in [3.05, 3.63) is 77.8 Å². The molecule has 6 nitrogen and oxygen atoms in total. The standard InChI is InChI=1S/C21H20ClN3O3S2/c1-2-28-17-11-7-16(8-12-17)25-30(26,27)18-13-9-15(10-14-18)23-21(29)24-20-6-4-3-5-19(20)22/h3-14,25H,2H2,1H3,(H2,23,24,29). The molecule has 3 N–H and O–H groups in total. The second-order valence-electron chi connectivity index (χ2n) is 6.15. The molecule has 0 radical (unpaired) electrons. The molecule has 3 aromatic rings. The third-order valence-corrected chi connectivity index (χ3v) is 5.89. The number of sulfonamides is 1. The van der Waals surface area contributed by atoms with Gasteiger partial charge in [0, 0.05) is 11.4 Å². The molecule has 156 valence electrons. The van der Waals surface area contributed by atoms with Gasteiger partial charge in [0.25, 0.3) is 10.0 Å². The summed E-state index contributed by atoms with van der Waals surface area (Å²) in [6, 6.07) is 20.2. The molecule has 0 heterocycles. The van der Waals surface area contributed by atoms with Crippen LogP contribution in [-0.2, 0) is 10.0 Å². The van der Waals surface area contributed by atoms with Crippen LogP contribution in [0.25, 0.3) is 0 Å². The number of hydrogen-bond acceptors (Lipinski definition) is 4. The molecule has 0 aromatic heterocycles. The van der Waals surface area contributed by atoms with Gasteiger partial charge in [-0.05, 0) is 79.8 Å². The van der Waals surface area contributed by atoms with Crippen LogP contribution in [0.3, 0.4) is 0 Å². The van der Waals surface area contributed by atoms with Crippen molar-refractivity contribution in [2.24, 2.45) is 0 Å². The Balaban J connectivity index is 1.63. The van der Waals surface area contributed by atoms with Crippen molar-refractivity contribution in [2.75, 3.05) is 22.0 Å². The Kier molecular flexibility index (Phi) is 7.15. The summed E-state index contributed by atoms with van der Waals surface area (Å²) in [6.07, 6.45) is 0. The summed E-state index contributed by atoms with van der Waals surface area (Å²) in [4.78, 5) is 0.131. The molecular formula is C21H20ClN3O3S2. The van der Waals surface area contributed by atoms with Crippen molar-refractivity contribution in [3.63, 3.8) is 0 Å². The highest BCUT2D eigenvalue weighted by atomic mass is 35.5.